The van der Waals surface area contributed by atoms with Gasteiger partial charge in [-0.2, -0.15) is 39.9 Å². The number of methoxy groups -OCH3 is 1. The lowest BCUT2D eigenvalue weighted by molar-refractivity contribution is -0.167. The number of hydroxylamine groups is 6. The van der Waals surface area contributed by atoms with Crippen molar-refractivity contribution in [3.05, 3.63) is 83.2 Å². The third-order valence-electron chi connectivity index (χ3n) is 20.0. The molecule has 0 fully saturated rings. The zero-order valence-corrected chi connectivity index (χ0v) is 80.9. The molecule has 0 aliphatic rings. The first kappa shape index (κ1) is 119. The van der Waals surface area contributed by atoms with Gasteiger partial charge in [-0.05, 0) is 103 Å². The summed E-state index contributed by atoms with van der Waals surface area (Å²) in [6.45, 7) is 31.4. The molecular formula is C94H168N18O16. The minimum Gasteiger partial charge on any atom is -0.480 e. The topological polar surface area (TPSA) is 434 Å². The maximum Gasteiger partial charge on any atom is 0.330 e. The normalized spacial score (nSPS) is 11.1. The number of ether oxygens (including phenoxy) is 6. The molecular weight excluding hydrogens is 1640 g/mol. The van der Waals surface area contributed by atoms with E-state index < -0.39 is 23.9 Å². The fourth-order valence-corrected chi connectivity index (χ4v) is 12.6. The maximum absolute atomic E-state index is 11.9. The number of likely N-dealkylation sites (N-methyl/N-ethyl adjacent to an activating group) is 2. The maximum atomic E-state index is 11.9. The monoisotopic (exact) mass is 1810 g/mol. The quantitative estimate of drug-likeness (QED) is 0.00566. The summed E-state index contributed by atoms with van der Waals surface area (Å²) in [5, 5.41) is 62.8. The Morgan fingerprint density at radius 2 is 0.867 bits per heavy atom. The molecule has 5 aromatic rings. The molecule has 2 unspecified atom stereocenters. The van der Waals surface area contributed by atoms with Gasteiger partial charge in [0.1, 0.15) is 24.8 Å². The smallest absolute Gasteiger partial charge is 0.330 e. The minimum atomic E-state index is -0.650. The molecule has 0 saturated carbocycles. The molecule has 0 aliphatic heterocycles. The van der Waals surface area contributed by atoms with Crippen LogP contribution < -0.4 is 46.2 Å². The van der Waals surface area contributed by atoms with Gasteiger partial charge in [0.05, 0.1) is 20.3 Å². The summed E-state index contributed by atoms with van der Waals surface area (Å²) in [7, 11) is 3.98. The number of anilines is 6. The molecule has 3 amide bonds. The standard InChI is InChI=1S/C20H39N5O.C19H36N4O5.C17H35NO2.C16H24N6O.C15H23NO3.C7H11NO4/c1-4-6-8-10-12-14-16-25(17-15-13-11-9-7-5-2)20-22-18(3)21-19(23-20)24-26;1-3-5-7-9-11-25-13-15-27-18-20-17(23-24)21-19(22-18)28-16-14-26-12-10-8-6-4-2;1-4-6-8-10-11-13-15-16(17(19)18(3)20)14-12-9-7-5-2;1-2-3-4-8-11-17-14-19-15(21-16(20-14)22-23)18-12-13-9-6-5-7-10-13;1-5-6-7-14(15(17)16(4)18)19-13-9-8-11(2)10-12(13)3;1-3-8(11)6(9)4-5-7(10)12-2/h26H,4-17H2,1-3H3,(H,21,22,23,24);24H,3-16H2,1-2H3,(H,20,21,22,23);16,20H,4-15H2,1-3H3;5-7,9-10,23H,2-4,8,11-12H2,1H3,(H3,17,18,19,20,21,22);8-10,14,18H,5-7H2,1-4H3;4-5,11H,3H2,1-2H3/b;;;;;5-4+. The van der Waals surface area contributed by atoms with Gasteiger partial charge in [-0.15, -0.1) is 4.98 Å². The average molecular weight is 1810 g/mol. The number of carbonyl (C=O) groups excluding carboxylic acids is 4. The molecule has 0 spiro atoms. The Balaban J connectivity index is 0.00000153. The molecule has 2 aromatic carbocycles. The lowest BCUT2D eigenvalue weighted by Gasteiger charge is -2.23. The zero-order chi connectivity index (χ0) is 94.8. The van der Waals surface area contributed by atoms with E-state index in [0.717, 1.165) is 137 Å². The lowest BCUT2D eigenvalue weighted by atomic mass is 9.93. The van der Waals surface area contributed by atoms with E-state index in [1.807, 2.05) is 80.3 Å². The number of aromatic nitrogens is 9. The first-order valence-corrected chi connectivity index (χ1v) is 47.6. The fraction of sp³-hybridized carbons (Fsp3) is 0.713. The Bertz CT molecular complexity index is 3490. The second-order valence-electron chi connectivity index (χ2n) is 31.5. The summed E-state index contributed by atoms with van der Waals surface area (Å²) in [4.78, 5) is 84.7. The number of unbranched alkanes of at least 4 members (excludes halogenated alkanes) is 28. The molecule has 128 heavy (non-hydrogen) atoms. The molecule has 2 atom stereocenters. The lowest BCUT2D eigenvalue weighted by Crippen LogP contribution is -2.38. The van der Waals surface area contributed by atoms with Gasteiger partial charge in [0.25, 0.3) is 29.7 Å². The molecule has 34 heteroatoms. The summed E-state index contributed by atoms with van der Waals surface area (Å²) in [5.74, 6) is 1.39. The van der Waals surface area contributed by atoms with Crippen molar-refractivity contribution in [2.45, 2.75) is 346 Å². The van der Waals surface area contributed by atoms with Crippen LogP contribution in [-0.4, -0.2) is 208 Å². The van der Waals surface area contributed by atoms with Crippen LogP contribution in [0.25, 0.3) is 0 Å². The van der Waals surface area contributed by atoms with Crippen molar-refractivity contribution in [2.24, 2.45) is 5.92 Å². The molecule has 0 bridgehead atoms. The highest BCUT2D eigenvalue weighted by Gasteiger charge is 2.25. The number of benzene rings is 2. The Labute approximate surface area is 766 Å². The summed E-state index contributed by atoms with van der Waals surface area (Å²) >= 11 is 0. The average Bonchev–Trinajstić information content (AvgIpc) is 0.818. The summed E-state index contributed by atoms with van der Waals surface area (Å²) < 4.78 is 31.9. The summed E-state index contributed by atoms with van der Waals surface area (Å²) in [6.07, 6.45) is 47.2. The number of esters is 1. The molecule has 5 rings (SSSR count). The molecule has 0 saturated heterocycles. The van der Waals surface area contributed by atoms with Crippen LogP contribution in [0.5, 0.6) is 17.8 Å². The molecule has 0 aliphatic carbocycles. The van der Waals surface area contributed by atoms with Gasteiger partial charge in [0, 0.05) is 78.1 Å². The SMILES string of the molecule is CCCCC(Oc1ccc(C)cc1C)C(=O)N(C)O.CCCCCCCCC(CCCCCC)C(=O)N(C)O.CCCCCCCCN(CCCCCCCC)c1nc(C)nc(NO)n1.CCCCCCNc1nc(NO)nc(NCc2ccccc2)n1.CCCCCCOCCOc1nc(NO)nc(OCCOCCCCCC)n1.CCN(O)C(=O)/C=C/C(=O)OC. The number of hydrogen-bond donors (Lipinski definition) is 11. The van der Waals surface area contributed by atoms with Crippen molar-refractivity contribution in [3.63, 3.8) is 0 Å². The van der Waals surface area contributed by atoms with Gasteiger partial charge < -0.3 is 44.0 Å². The van der Waals surface area contributed by atoms with Crippen LogP contribution in [0.2, 0.25) is 0 Å². The van der Waals surface area contributed by atoms with Crippen LogP contribution in [-0.2, 0) is 39.9 Å². The number of rotatable bonds is 67. The Morgan fingerprint density at radius 3 is 1.34 bits per heavy atom. The predicted octanol–water partition coefficient (Wildman–Crippen LogP) is 20.6. The van der Waals surface area contributed by atoms with Gasteiger partial charge in [0.2, 0.25) is 23.8 Å². The highest BCUT2D eigenvalue weighted by atomic mass is 16.6. The van der Waals surface area contributed by atoms with Crippen LogP contribution in [0.15, 0.2) is 60.7 Å². The van der Waals surface area contributed by atoms with Crippen molar-refractivity contribution in [2.75, 3.05) is 119 Å². The van der Waals surface area contributed by atoms with E-state index in [4.69, 9.17) is 44.5 Å². The Morgan fingerprint density at radius 1 is 0.430 bits per heavy atom. The van der Waals surface area contributed by atoms with Gasteiger partial charge in [-0.1, -0.05) is 296 Å². The van der Waals surface area contributed by atoms with Crippen molar-refractivity contribution in [1.29, 1.82) is 0 Å². The van der Waals surface area contributed by atoms with Crippen LogP contribution in [0, 0.1) is 26.7 Å². The highest BCUT2D eigenvalue weighted by Crippen LogP contribution is 2.25. The van der Waals surface area contributed by atoms with Gasteiger partial charge in [-0.25, -0.2) is 36.4 Å². The van der Waals surface area contributed by atoms with E-state index in [1.165, 1.54) is 195 Å². The predicted molar refractivity (Wildman–Crippen MR) is 506 cm³/mol. The van der Waals surface area contributed by atoms with Crippen molar-refractivity contribution >= 4 is 59.4 Å². The third-order valence-corrected chi connectivity index (χ3v) is 20.0. The Kier molecular flexibility index (Phi) is 76.6. The number of carbonyl (C=O) groups is 4. The number of nitrogens with one attached hydrogen (secondary N) is 5. The van der Waals surface area contributed by atoms with Gasteiger partial charge >= 0.3 is 18.0 Å². The number of hydrogen-bond acceptors (Lipinski definition) is 31. The minimum absolute atomic E-state index is 0.0213. The Hall–Kier alpha value is -9.03. The van der Waals surface area contributed by atoms with E-state index in [-0.39, 0.29) is 48.2 Å². The van der Waals surface area contributed by atoms with Crippen molar-refractivity contribution < 1.29 is 78.8 Å². The first-order chi connectivity index (χ1) is 62.0. The first-order valence-electron chi connectivity index (χ1n) is 47.6. The summed E-state index contributed by atoms with van der Waals surface area (Å²) in [6, 6.07) is 15.9. The van der Waals surface area contributed by atoms with E-state index in [1.54, 1.807) is 6.92 Å². The second-order valence-corrected chi connectivity index (χ2v) is 31.5. The third kappa shape index (κ3) is 63.8. The number of nitrogens with zero attached hydrogens (tertiary/aromatic N) is 13. The highest BCUT2D eigenvalue weighted by molar-refractivity contribution is 5.94. The van der Waals surface area contributed by atoms with E-state index in [2.05, 4.69) is 126 Å². The number of aryl methyl sites for hydroxylation is 3. The van der Waals surface area contributed by atoms with Gasteiger partial charge in [0.15, 0.2) is 6.10 Å². The molecule has 3 aromatic heterocycles. The second kappa shape index (κ2) is 82.4. The van der Waals surface area contributed by atoms with Gasteiger partial charge in [-0.3, -0.25) is 45.6 Å². The van der Waals surface area contributed by atoms with Crippen LogP contribution in [0.1, 0.15) is 335 Å². The molecule has 11 N–H and O–H groups in total. The number of amides is 3. The van der Waals surface area contributed by atoms with Crippen LogP contribution >= 0.6 is 0 Å². The molecule has 730 valence electrons. The largest absolute Gasteiger partial charge is 0.480 e. The van der Waals surface area contributed by atoms with Crippen molar-refractivity contribution in [1.82, 2.24) is 60.0 Å². The molecule has 3 heterocycles. The van der Waals surface area contributed by atoms with Crippen LogP contribution in [0.4, 0.5) is 35.7 Å². The molecule has 0 radical (unpaired) electrons. The van der Waals surface area contributed by atoms with E-state index in [0.29, 0.717) is 78.9 Å². The van der Waals surface area contributed by atoms with Crippen molar-refractivity contribution in [3.8, 4) is 17.8 Å². The molecule has 34 nitrogen and oxygen atoms in total. The van der Waals surface area contributed by atoms with E-state index in [9.17, 15) is 29.6 Å². The zero-order valence-electron chi connectivity index (χ0n) is 80.9. The fourth-order valence-electron chi connectivity index (χ4n) is 12.6. The van der Waals surface area contributed by atoms with Crippen LogP contribution in [0.3, 0.4) is 0 Å². The van der Waals surface area contributed by atoms with E-state index >= 15 is 0 Å². The summed E-state index contributed by atoms with van der Waals surface area (Å²) in [5.41, 5.74) is 9.19.